The molecule has 0 saturated heterocycles. The van der Waals surface area contributed by atoms with Gasteiger partial charge < -0.3 is 20.5 Å². The first-order chi connectivity index (χ1) is 12.0. The Hall–Kier alpha value is -1.96. The fraction of sp³-hybridized carbons (Fsp3) is 0.350. The summed E-state index contributed by atoms with van der Waals surface area (Å²) < 4.78 is 10.6. The second kappa shape index (κ2) is 10.9. The highest BCUT2D eigenvalue weighted by molar-refractivity contribution is 14.0. The van der Waals surface area contributed by atoms with Crippen LogP contribution in [-0.4, -0.2) is 26.7 Å². The van der Waals surface area contributed by atoms with Crippen LogP contribution in [0.15, 0.2) is 47.5 Å². The van der Waals surface area contributed by atoms with Gasteiger partial charge in [0.1, 0.15) is 11.5 Å². The predicted octanol–water partition coefficient (Wildman–Crippen LogP) is 4.41. The normalized spacial score (nSPS) is 11.0. The summed E-state index contributed by atoms with van der Waals surface area (Å²) in [6.07, 6.45) is 0.717. The standard InChI is InChI=1S/C20H27N3O2.HI/c1-14(2)15-6-5-7-17(12-15)23-20(21)22-11-10-16-13-18(24-3)8-9-19(16)25-4;/h5-9,12-14H,10-11H2,1-4H3,(H3,21,22,23);1H. The van der Waals surface area contributed by atoms with Gasteiger partial charge in [0.15, 0.2) is 5.96 Å². The molecule has 0 atom stereocenters. The van der Waals surface area contributed by atoms with Crippen LogP contribution >= 0.6 is 24.0 Å². The molecule has 0 heterocycles. The molecular weight excluding hydrogens is 441 g/mol. The molecule has 0 spiro atoms. The van der Waals surface area contributed by atoms with Gasteiger partial charge in [0.2, 0.25) is 0 Å². The zero-order valence-electron chi connectivity index (χ0n) is 15.8. The van der Waals surface area contributed by atoms with Crippen LogP contribution in [0, 0.1) is 0 Å². The Morgan fingerprint density at radius 3 is 2.54 bits per heavy atom. The molecule has 0 bridgehead atoms. The van der Waals surface area contributed by atoms with Crippen molar-refractivity contribution >= 4 is 35.6 Å². The van der Waals surface area contributed by atoms with E-state index in [1.165, 1.54) is 5.56 Å². The lowest BCUT2D eigenvalue weighted by Crippen LogP contribution is -2.23. The minimum absolute atomic E-state index is 0. The number of benzene rings is 2. The monoisotopic (exact) mass is 469 g/mol. The number of nitrogens with two attached hydrogens (primary N) is 1. The molecule has 0 fully saturated rings. The molecule has 2 aromatic carbocycles. The Bertz CT molecular complexity index is 733. The van der Waals surface area contributed by atoms with E-state index in [0.717, 1.165) is 29.2 Å². The lowest BCUT2D eigenvalue weighted by atomic mass is 10.0. The van der Waals surface area contributed by atoms with Gasteiger partial charge in [-0.25, -0.2) is 0 Å². The van der Waals surface area contributed by atoms with Crippen LogP contribution in [0.5, 0.6) is 11.5 Å². The number of rotatable bonds is 7. The molecule has 142 valence electrons. The molecule has 0 aliphatic rings. The molecule has 0 aromatic heterocycles. The predicted molar refractivity (Wildman–Crippen MR) is 119 cm³/mol. The summed E-state index contributed by atoms with van der Waals surface area (Å²) in [7, 11) is 3.31. The fourth-order valence-corrected chi connectivity index (χ4v) is 2.54. The van der Waals surface area contributed by atoms with Gasteiger partial charge in [-0.2, -0.15) is 0 Å². The highest BCUT2D eigenvalue weighted by atomic mass is 127. The van der Waals surface area contributed by atoms with E-state index in [0.29, 0.717) is 18.4 Å². The smallest absolute Gasteiger partial charge is 0.193 e. The van der Waals surface area contributed by atoms with E-state index >= 15 is 0 Å². The van der Waals surface area contributed by atoms with Crippen molar-refractivity contribution in [3.05, 3.63) is 53.6 Å². The minimum Gasteiger partial charge on any atom is -0.497 e. The van der Waals surface area contributed by atoms with Gasteiger partial charge in [-0.05, 0) is 53.8 Å². The molecular formula is C20H28IN3O2. The summed E-state index contributed by atoms with van der Waals surface area (Å²) in [4.78, 5) is 4.41. The molecule has 0 aliphatic carbocycles. The van der Waals surface area contributed by atoms with E-state index in [1.807, 2.05) is 30.3 Å². The first-order valence-electron chi connectivity index (χ1n) is 8.41. The van der Waals surface area contributed by atoms with Crippen molar-refractivity contribution in [2.24, 2.45) is 10.7 Å². The maximum Gasteiger partial charge on any atom is 0.193 e. The molecule has 0 unspecified atom stereocenters. The second-order valence-corrected chi connectivity index (χ2v) is 6.10. The van der Waals surface area contributed by atoms with Gasteiger partial charge >= 0.3 is 0 Å². The molecule has 0 saturated carbocycles. The van der Waals surface area contributed by atoms with E-state index in [1.54, 1.807) is 14.2 Å². The molecule has 2 aromatic rings. The quantitative estimate of drug-likeness (QED) is 0.358. The van der Waals surface area contributed by atoms with E-state index < -0.39 is 0 Å². The van der Waals surface area contributed by atoms with E-state index in [4.69, 9.17) is 15.2 Å². The number of hydrogen-bond acceptors (Lipinski definition) is 3. The topological polar surface area (TPSA) is 68.9 Å². The van der Waals surface area contributed by atoms with E-state index in [2.05, 4.69) is 36.3 Å². The highest BCUT2D eigenvalue weighted by Crippen LogP contribution is 2.24. The summed E-state index contributed by atoms with van der Waals surface area (Å²) in [6, 6.07) is 14.0. The van der Waals surface area contributed by atoms with E-state index in [-0.39, 0.29) is 24.0 Å². The number of ether oxygens (including phenoxy) is 2. The third-order valence-corrected chi connectivity index (χ3v) is 3.98. The average Bonchev–Trinajstić information content (AvgIpc) is 2.61. The summed E-state index contributed by atoms with van der Waals surface area (Å²) in [6.45, 7) is 4.89. The van der Waals surface area contributed by atoms with Gasteiger partial charge in [-0.3, -0.25) is 4.99 Å². The van der Waals surface area contributed by atoms with Crippen molar-refractivity contribution in [2.75, 3.05) is 26.1 Å². The SMILES string of the molecule is COc1ccc(OC)c(CCN=C(N)Nc2cccc(C(C)C)c2)c1.I. The van der Waals surface area contributed by atoms with Crippen molar-refractivity contribution < 1.29 is 9.47 Å². The zero-order valence-corrected chi connectivity index (χ0v) is 18.1. The Kier molecular flexibility index (Phi) is 9.26. The highest BCUT2D eigenvalue weighted by Gasteiger charge is 2.05. The third-order valence-electron chi connectivity index (χ3n) is 3.98. The van der Waals surface area contributed by atoms with Crippen LogP contribution in [0.4, 0.5) is 5.69 Å². The summed E-state index contributed by atoms with van der Waals surface area (Å²) in [5.74, 6) is 2.51. The Labute approximate surface area is 173 Å². The van der Waals surface area contributed by atoms with Crippen molar-refractivity contribution in [1.29, 1.82) is 0 Å². The van der Waals surface area contributed by atoms with Crippen molar-refractivity contribution in [2.45, 2.75) is 26.2 Å². The zero-order chi connectivity index (χ0) is 18.2. The lowest BCUT2D eigenvalue weighted by Gasteiger charge is -2.11. The van der Waals surface area contributed by atoms with Gasteiger partial charge in [0.25, 0.3) is 0 Å². The first-order valence-corrected chi connectivity index (χ1v) is 8.41. The van der Waals surface area contributed by atoms with Crippen LogP contribution in [0.3, 0.4) is 0 Å². The van der Waals surface area contributed by atoms with Crippen LogP contribution in [0.2, 0.25) is 0 Å². The molecule has 2 rings (SSSR count). The van der Waals surface area contributed by atoms with Gasteiger partial charge in [-0.1, -0.05) is 26.0 Å². The Morgan fingerprint density at radius 2 is 1.88 bits per heavy atom. The summed E-state index contributed by atoms with van der Waals surface area (Å²) in [5, 5.41) is 3.15. The summed E-state index contributed by atoms with van der Waals surface area (Å²) in [5.41, 5.74) is 9.26. The summed E-state index contributed by atoms with van der Waals surface area (Å²) >= 11 is 0. The Balaban J connectivity index is 0.00000338. The number of hydrogen-bond donors (Lipinski definition) is 2. The average molecular weight is 469 g/mol. The van der Waals surface area contributed by atoms with Gasteiger partial charge in [-0.15, -0.1) is 24.0 Å². The lowest BCUT2D eigenvalue weighted by molar-refractivity contribution is 0.399. The number of anilines is 1. The molecule has 0 radical (unpaired) electrons. The molecule has 6 heteroatoms. The van der Waals surface area contributed by atoms with Crippen molar-refractivity contribution in [3.63, 3.8) is 0 Å². The number of guanidine groups is 1. The maximum absolute atomic E-state index is 6.01. The largest absolute Gasteiger partial charge is 0.497 e. The van der Waals surface area contributed by atoms with Crippen molar-refractivity contribution in [3.8, 4) is 11.5 Å². The molecule has 3 N–H and O–H groups in total. The molecule has 0 amide bonds. The second-order valence-electron chi connectivity index (χ2n) is 6.10. The minimum atomic E-state index is 0. The van der Waals surface area contributed by atoms with Crippen molar-refractivity contribution in [1.82, 2.24) is 0 Å². The first kappa shape index (κ1) is 22.1. The molecule has 26 heavy (non-hydrogen) atoms. The fourth-order valence-electron chi connectivity index (χ4n) is 2.54. The van der Waals surface area contributed by atoms with Gasteiger partial charge in [0.05, 0.1) is 14.2 Å². The van der Waals surface area contributed by atoms with Crippen LogP contribution in [0.1, 0.15) is 30.9 Å². The number of nitrogens with zero attached hydrogens (tertiary/aromatic N) is 1. The number of halogens is 1. The van der Waals surface area contributed by atoms with Crippen LogP contribution in [0.25, 0.3) is 0 Å². The third kappa shape index (κ3) is 6.40. The maximum atomic E-state index is 6.01. The number of nitrogens with one attached hydrogen (secondary N) is 1. The molecule has 5 nitrogen and oxygen atoms in total. The molecule has 0 aliphatic heterocycles. The number of methoxy groups -OCH3 is 2. The number of aliphatic imine (C=N–C) groups is 1. The van der Waals surface area contributed by atoms with Crippen LogP contribution in [-0.2, 0) is 6.42 Å². The Morgan fingerprint density at radius 1 is 1.12 bits per heavy atom. The van der Waals surface area contributed by atoms with E-state index in [9.17, 15) is 0 Å². The van der Waals surface area contributed by atoms with Crippen LogP contribution < -0.4 is 20.5 Å². The van der Waals surface area contributed by atoms with Gasteiger partial charge in [0, 0.05) is 12.2 Å².